The van der Waals surface area contributed by atoms with E-state index in [1.165, 1.54) is 11.3 Å². The van der Waals surface area contributed by atoms with Crippen molar-refractivity contribution < 1.29 is 19.1 Å². The van der Waals surface area contributed by atoms with Gasteiger partial charge in [-0.15, -0.1) is 11.3 Å². The zero-order valence-electron chi connectivity index (χ0n) is 17.1. The van der Waals surface area contributed by atoms with Gasteiger partial charge >= 0.3 is 12.0 Å². The van der Waals surface area contributed by atoms with Crippen molar-refractivity contribution in [2.24, 2.45) is 5.92 Å². The molecule has 0 bridgehead atoms. The first-order valence-electron chi connectivity index (χ1n) is 9.98. The molecule has 3 rings (SSSR count). The number of ether oxygens (including phenoxy) is 1. The molecule has 1 fully saturated rings. The predicted octanol–water partition coefficient (Wildman–Crippen LogP) is 3.44. The van der Waals surface area contributed by atoms with Crippen molar-refractivity contribution in [2.75, 3.05) is 30.3 Å². The van der Waals surface area contributed by atoms with Crippen LogP contribution in [0, 0.1) is 12.8 Å². The largest absolute Gasteiger partial charge is 0.466 e. The van der Waals surface area contributed by atoms with Gasteiger partial charge in [0.1, 0.15) is 0 Å². The Labute approximate surface area is 179 Å². The first kappa shape index (κ1) is 21.8. The lowest BCUT2D eigenvalue weighted by molar-refractivity contribution is -0.151. The Kier molecular flexibility index (Phi) is 7.40. The summed E-state index contributed by atoms with van der Waals surface area (Å²) in [6.45, 7) is 5.10. The van der Waals surface area contributed by atoms with E-state index in [-0.39, 0.29) is 30.2 Å². The maximum Gasteiger partial charge on any atom is 0.325 e. The SMILES string of the molecule is CCOC(=O)[C@@H]1CCCN(C(=O)Cc2csc(NC(=O)Nc3ccc(C)cc3)n2)C1. The number of nitrogens with one attached hydrogen (secondary N) is 2. The average Bonchev–Trinajstić information content (AvgIpc) is 3.16. The summed E-state index contributed by atoms with van der Waals surface area (Å²) in [5.74, 6) is -0.583. The molecule has 2 aromatic rings. The van der Waals surface area contributed by atoms with Crippen molar-refractivity contribution in [3.8, 4) is 0 Å². The van der Waals surface area contributed by atoms with Gasteiger partial charge in [-0.25, -0.2) is 9.78 Å². The molecule has 1 atom stereocenters. The van der Waals surface area contributed by atoms with Gasteiger partial charge in [-0.2, -0.15) is 0 Å². The van der Waals surface area contributed by atoms with Gasteiger partial charge in [0.15, 0.2) is 5.13 Å². The van der Waals surface area contributed by atoms with Crippen LogP contribution in [-0.4, -0.2) is 47.5 Å². The van der Waals surface area contributed by atoms with Crippen molar-refractivity contribution >= 4 is 40.1 Å². The van der Waals surface area contributed by atoms with Crippen LogP contribution in [0.1, 0.15) is 31.0 Å². The molecule has 1 aromatic heterocycles. The van der Waals surface area contributed by atoms with Crippen molar-refractivity contribution in [3.63, 3.8) is 0 Å². The number of aryl methyl sites for hydroxylation is 1. The number of hydrogen-bond acceptors (Lipinski definition) is 6. The molecule has 8 nitrogen and oxygen atoms in total. The van der Waals surface area contributed by atoms with Gasteiger partial charge in [-0.3, -0.25) is 14.9 Å². The van der Waals surface area contributed by atoms with Gasteiger partial charge in [0, 0.05) is 24.2 Å². The summed E-state index contributed by atoms with van der Waals surface area (Å²) in [6.07, 6.45) is 1.65. The normalized spacial score (nSPS) is 16.1. The standard InChI is InChI=1S/C21H26N4O4S/c1-3-29-19(27)15-5-4-10-25(12-15)18(26)11-17-13-30-21(23-17)24-20(28)22-16-8-6-14(2)7-9-16/h6-9,13,15H,3-5,10-12H2,1-2H3,(H2,22,23,24,28)/t15-/m1/s1. The fraction of sp³-hybridized carbons (Fsp3) is 0.429. The zero-order valence-corrected chi connectivity index (χ0v) is 18.0. The lowest BCUT2D eigenvalue weighted by Gasteiger charge is -2.31. The van der Waals surface area contributed by atoms with E-state index in [4.69, 9.17) is 4.74 Å². The fourth-order valence-corrected chi connectivity index (χ4v) is 3.97. The van der Waals surface area contributed by atoms with E-state index in [9.17, 15) is 14.4 Å². The highest BCUT2D eigenvalue weighted by Crippen LogP contribution is 2.21. The van der Waals surface area contributed by atoms with Crippen LogP contribution >= 0.6 is 11.3 Å². The minimum Gasteiger partial charge on any atom is -0.466 e. The number of esters is 1. The minimum absolute atomic E-state index is 0.0787. The van der Waals surface area contributed by atoms with Gasteiger partial charge in [0.25, 0.3) is 0 Å². The highest BCUT2D eigenvalue weighted by molar-refractivity contribution is 7.14. The minimum atomic E-state index is -0.389. The van der Waals surface area contributed by atoms with Gasteiger partial charge in [0.2, 0.25) is 5.91 Å². The number of amides is 3. The summed E-state index contributed by atoms with van der Waals surface area (Å²) in [4.78, 5) is 42.7. The number of piperidine rings is 1. The molecule has 0 aliphatic carbocycles. The molecule has 0 saturated carbocycles. The van der Waals surface area contributed by atoms with E-state index in [2.05, 4.69) is 15.6 Å². The summed E-state index contributed by atoms with van der Waals surface area (Å²) in [5, 5.41) is 7.61. The van der Waals surface area contributed by atoms with Crippen LogP contribution in [0.4, 0.5) is 15.6 Å². The second-order valence-corrected chi connectivity index (χ2v) is 8.05. The van der Waals surface area contributed by atoms with Crippen LogP contribution in [0.2, 0.25) is 0 Å². The Morgan fingerprint density at radius 1 is 1.23 bits per heavy atom. The number of carbonyl (C=O) groups excluding carboxylic acids is 3. The highest BCUT2D eigenvalue weighted by atomic mass is 32.1. The molecule has 0 unspecified atom stereocenters. The summed E-state index contributed by atoms with van der Waals surface area (Å²) < 4.78 is 5.08. The van der Waals surface area contributed by atoms with Crippen LogP contribution in [0.15, 0.2) is 29.6 Å². The van der Waals surface area contributed by atoms with Crippen molar-refractivity contribution in [1.29, 1.82) is 0 Å². The lowest BCUT2D eigenvalue weighted by atomic mass is 9.98. The number of nitrogens with zero attached hydrogens (tertiary/aromatic N) is 2. The number of likely N-dealkylation sites (tertiary alicyclic amines) is 1. The summed E-state index contributed by atoms with van der Waals surface area (Å²) >= 11 is 1.26. The molecular weight excluding hydrogens is 404 g/mol. The molecule has 2 heterocycles. The molecule has 3 amide bonds. The molecule has 0 radical (unpaired) electrons. The summed E-state index contributed by atoms with van der Waals surface area (Å²) in [6, 6.07) is 7.08. The molecule has 0 spiro atoms. The van der Waals surface area contributed by atoms with Crippen LogP contribution < -0.4 is 10.6 Å². The van der Waals surface area contributed by atoms with Crippen LogP contribution in [0.5, 0.6) is 0 Å². The van der Waals surface area contributed by atoms with Crippen LogP contribution in [-0.2, 0) is 20.7 Å². The first-order chi connectivity index (χ1) is 14.4. The van der Waals surface area contributed by atoms with E-state index in [1.807, 2.05) is 31.2 Å². The third-order valence-corrected chi connectivity index (χ3v) is 5.61. The van der Waals surface area contributed by atoms with E-state index < -0.39 is 0 Å². The molecule has 1 aromatic carbocycles. The number of thiazole rings is 1. The number of benzene rings is 1. The summed E-state index contributed by atoms with van der Waals surface area (Å²) in [7, 11) is 0. The molecule has 1 saturated heterocycles. The lowest BCUT2D eigenvalue weighted by Crippen LogP contribution is -2.43. The van der Waals surface area contributed by atoms with E-state index in [1.54, 1.807) is 17.2 Å². The number of hydrogen-bond donors (Lipinski definition) is 2. The smallest absolute Gasteiger partial charge is 0.325 e. The molecular formula is C21H26N4O4S. The fourth-order valence-electron chi connectivity index (χ4n) is 3.26. The van der Waals surface area contributed by atoms with Gasteiger partial charge in [0.05, 0.1) is 24.6 Å². The second kappa shape index (κ2) is 10.2. The van der Waals surface area contributed by atoms with Gasteiger partial charge < -0.3 is 15.0 Å². The third-order valence-electron chi connectivity index (χ3n) is 4.81. The Hall–Kier alpha value is -2.94. The quantitative estimate of drug-likeness (QED) is 0.684. The maximum absolute atomic E-state index is 12.6. The van der Waals surface area contributed by atoms with E-state index >= 15 is 0 Å². The van der Waals surface area contributed by atoms with E-state index in [0.717, 1.165) is 18.4 Å². The number of urea groups is 1. The number of carbonyl (C=O) groups is 3. The topological polar surface area (TPSA) is 101 Å². The molecule has 1 aliphatic rings. The Morgan fingerprint density at radius 2 is 2.00 bits per heavy atom. The Morgan fingerprint density at radius 3 is 2.73 bits per heavy atom. The number of anilines is 2. The summed E-state index contributed by atoms with van der Waals surface area (Å²) in [5.41, 5.74) is 2.39. The third kappa shape index (κ3) is 6.03. The average molecular weight is 431 g/mol. The van der Waals surface area contributed by atoms with E-state index in [0.29, 0.717) is 36.2 Å². The second-order valence-electron chi connectivity index (χ2n) is 7.20. The molecule has 9 heteroatoms. The van der Waals surface area contributed by atoms with Crippen molar-refractivity contribution in [2.45, 2.75) is 33.1 Å². The molecule has 160 valence electrons. The van der Waals surface area contributed by atoms with Crippen LogP contribution in [0.3, 0.4) is 0 Å². The monoisotopic (exact) mass is 430 g/mol. The molecule has 30 heavy (non-hydrogen) atoms. The Bertz CT molecular complexity index is 897. The zero-order chi connectivity index (χ0) is 21.5. The van der Waals surface area contributed by atoms with Gasteiger partial charge in [-0.1, -0.05) is 17.7 Å². The first-order valence-corrected chi connectivity index (χ1v) is 10.9. The molecule has 1 aliphatic heterocycles. The van der Waals surface area contributed by atoms with Crippen LogP contribution in [0.25, 0.3) is 0 Å². The number of aromatic nitrogens is 1. The Balaban J connectivity index is 1.50. The highest BCUT2D eigenvalue weighted by Gasteiger charge is 2.29. The van der Waals surface area contributed by atoms with Crippen molar-refractivity contribution in [3.05, 3.63) is 40.9 Å². The maximum atomic E-state index is 12.6. The predicted molar refractivity (Wildman–Crippen MR) is 116 cm³/mol. The van der Waals surface area contributed by atoms with Gasteiger partial charge in [-0.05, 0) is 38.8 Å². The van der Waals surface area contributed by atoms with Crippen molar-refractivity contribution in [1.82, 2.24) is 9.88 Å². The number of rotatable bonds is 6. The molecule has 2 N–H and O–H groups in total.